The van der Waals surface area contributed by atoms with E-state index in [0.717, 1.165) is 13.1 Å². The third-order valence-electron chi connectivity index (χ3n) is 2.36. The van der Waals surface area contributed by atoms with E-state index in [1.807, 2.05) is 13.1 Å². The minimum absolute atomic E-state index is 0.228. The van der Waals surface area contributed by atoms with Gasteiger partial charge in [-0.1, -0.05) is 5.21 Å². The molecule has 2 atom stereocenters. The van der Waals surface area contributed by atoms with E-state index in [0.29, 0.717) is 6.04 Å². The van der Waals surface area contributed by atoms with Crippen LogP contribution >= 0.6 is 0 Å². The third kappa shape index (κ3) is 3.43. The first-order valence-electron chi connectivity index (χ1n) is 4.84. The lowest BCUT2D eigenvalue weighted by Crippen LogP contribution is -2.38. The summed E-state index contributed by atoms with van der Waals surface area (Å²) in [6, 6.07) is 0.350. The number of nitrogens with one attached hydrogen (secondary N) is 1. The van der Waals surface area contributed by atoms with Crippen molar-refractivity contribution in [1.82, 2.24) is 20.3 Å². The molecule has 1 heterocycles. The fourth-order valence-corrected chi connectivity index (χ4v) is 1.13. The Balaban J connectivity index is 2.15. The van der Waals surface area contributed by atoms with Gasteiger partial charge in [-0.2, -0.15) is 0 Å². The largest absolute Gasteiger partial charge is 0.380 e. The molecular weight excluding hydrogens is 180 g/mol. The summed E-state index contributed by atoms with van der Waals surface area (Å²) < 4.78 is 7.01. The Morgan fingerprint density at radius 1 is 1.50 bits per heavy atom. The zero-order valence-corrected chi connectivity index (χ0v) is 8.97. The normalized spacial score (nSPS) is 15.4. The fourth-order valence-electron chi connectivity index (χ4n) is 1.13. The van der Waals surface area contributed by atoms with Gasteiger partial charge in [0.25, 0.3) is 0 Å². The molecule has 5 nitrogen and oxygen atoms in total. The highest BCUT2D eigenvalue weighted by Gasteiger charge is 2.09. The molecule has 0 aliphatic rings. The Labute approximate surface area is 84.4 Å². The number of hydrogen-bond acceptors (Lipinski definition) is 4. The lowest BCUT2D eigenvalue weighted by atomic mass is 10.2. The highest BCUT2D eigenvalue weighted by Crippen LogP contribution is 1.95. The van der Waals surface area contributed by atoms with Crippen molar-refractivity contribution in [3.63, 3.8) is 0 Å². The van der Waals surface area contributed by atoms with Gasteiger partial charge in [0.1, 0.15) is 0 Å². The first-order valence-corrected chi connectivity index (χ1v) is 4.84. The van der Waals surface area contributed by atoms with Gasteiger partial charge < -0.3 is 10.1 Å². The molecular formula is C9H18N4O. The SMILES string of the molecule is COC(C)C(C)NCCn1ccnn1. The maximum absolute atomic E-state index is 5.20. The number of aromatic nitrogens is 3. The van der Waals surface area contributed by atoms with Gasteiger partial charge in [-0.05, 0) is 13.8 Å². The van der Waals surface area contributed by atoms with E-state index in [1.165, 1.54) is 0 Å². The molecule has 0 spiro atoms. The molecule has 1 aromatic heterocycles. The zero-order valence-electron chi connectivity index (χ0n) is 8.97. The zero-order chi connectivity index (χ0) is 10.4. The van der Waals surface area contributed by atoms with Crippen molar-refractivity contribution >= 4 is 0 Å². The maximum atomic E-state index is 5.20. The average Bonchev–Trinajstić information content (AvgIpc) is 2.69. The van der Waals surface area contributed by atoms with Crippen LogP contribution in [0.25, 0.3) is 0 Å². The first kappa shape index (κ1) is 11.1. The van der Waals surface area contributed by atoms with Crippen LogP contribution in [0.2, 0.25) is 0 Å². The van der Waals surface area contributed by atoms with Gasteiger partial charge in [-0.15, -0.1) is 5.10 Å². The molecule has 0 saturated carbocycles. The minimum atomic E-state index is 0.228. The van der Waals surface area contributed by atoms with E-state index >= 15 is 0 Å². The molecule has 0 radical (unpaired) electrons. The standard InChI is InChI=1S/C9H18N4O/c1-8(9(2)14-3)10-4-6-13-7-5-11-12-13/h5,7-10H,4,6H2,1-3H3. The number of ether oxygens (including phenoxy) is 1. The van der Waals surface area contributed by atoms with Gasteiger partial charge in [0.2, 0.25) is 0 Å². The van der Waals surface area contributed by atoms with Gasteiger partial charge in [0, 0.05) is 25.9 Å². The van der Waals surface area contributed by atoms with Crippen LogP contribution in [0.15, 0.2) is 12.4 Å². The summed E-state index contributed by atoms with van der Waals surface area (Å²) in [5.74, 6) is 0. The quantitative estimate of drug-likeness (QED) is 0.714. The Kier molecular flexibility index (Phi) is 4.55. The Bertz CT molecular complexity index is 237. The molecule has 1 rings (SSSR count). The highest BCUT2D eigenvalue weighted by molar-refractivity contribution is 4.69. The summed E-state index contributed by atoms with van der Waals surface area (Å²) in [4.78, 5) is 0. The summed E-state index contributed by atoms with van der Waals surface area (Å²) >= 11 is 0. The number of rotatable bonds is 6. The van der Waals surface area contributed by atoms with Crippen LogP contribution in [-0.2, 0) is 11.3 Å². The van der Waals surface area contributed by atoms with E-state index in [4.69, 9.17) is 4.74 Å². The van der Waals surface area contributed by atoms with Crippen molar-refractivity contribution in [3.05, 3.63) is 12.4 Å². The molecule has 1 N–H and O–H groups in total. The molecule has 0 saturated heterocycles. The molecule has 2 unspecified atom stereocenters. The molecule has 0 bridgehead atoms. The smallest absolute Gasteiger partial charge is 0.0693 e. The van der Waals surface area contributed by atoms with Gasteiger partial charge in [0.15, 0.2) is 0 Å². The number of methoxy groups -OCH3 is 1. The summed E-state index contributed by atoms with van der Waals surface area (Å²) in [6.45, 7) is 5.86. The summed E-state index contributed by atoms with van der Waals surface area (Å²) in [6.07, 6.45) is 3.76. The van der Waals surface area contributed by atoms with Crippen LogP contribution < -0.4 is 5.32 Å². The van der Waals surface area contributed by atoms with E-state index < -0.39 is 0 Å². The van der Waals surface area contributed by atoms with Crippen LogP contribution in [0.1, 0.15) is 13.8 Å². The van der Waals surface area contributed by atoms with Crippen LogP contribution in [0.5, 0.6) is 0 Å². The summed E-state index contributed by atoms with van der Waals surface area (Å²) in [7, 11) is 1.72. The molecule has 0 aromatic carbocycles. The van der Waals surface area contributed by atoms with E-state index in [1.54, 1.807) is 18.0 Å². The van der Waals surface area contributed by atoms with Crippen molar-refractivity contribution < 1.29 is 4.74 Å². The topological polar surface area (TPSA) is 52.0 Å². The maximum Gasteiger partial charge on any atom is 0.0693 e. The predicted octanol–water partition coefficient (Wildman–Crippen LogP) is 0.291. The summed E-state index contributed by atoms with van der Waals surface area (Å²) in [5.41, 5.74) is 0. The fraction of sp³-hybridized carbons (Fsp3) is 0.778. The lowest BCUT2D eigenvalue weighted by molar-refractivity contribution is 0.0884. The lowest BCUT2D eigenvalue weighted by Gasteiger charge is -2.19. The monoisotopic (exact) mass is 198 g/mol. The predicted molar refractivity (Wildman–Crippen MR) is 54.0 cm³/mol. The van der Waals surface area contributed by atoms with Gasteiger partial charge in [-0.3, -0.25) is 4.68 Å². The van der Waals surface area contributed by atoms with E-state index in [2.05, 4.69) is 22.6 Å². The molecule has 0 aliphatic carbocycles. The van der Waals surface area contributed by atoms with Gasteiger partial charge in [-0.25, -0.2) is 0 Å². The van der Waals surface area contributed by atoms with Crippen LogP contribution in [-0.4, -0.2) is 40.8 Å². The van der Waals surface area contributed by atoms with Crippen molar-refractivity contribution in [2.45, 2.75) is 32.5 Å². The molecule has 0 fully saturated rings. The second-order valence-corrected chi connectivity index (χ2v) is 3.35. The van der Waals surface area contributed by atoms with Crippen LogP contribution in [0.3, 0.4) is 0 Å². The Morgan fingerprint density at radius 2 is 2.29 bits per heavy atom. The molecule has 14 heavy (non-hydrogen) atoms. The van der Waals surface area contributed by atoms with Crippen molar-refractivity contribution in [2.75, 3.05) is 13.7 Å². The third-order valence-corrected chi connectivity index (χ3v) is 2.36. The Morgan fingerprint density at radius 3 is 2.86 bits per heavy atom. The van der Waals surface area contributed by atoms with Gasteiger partial charge in [0.05, 0.1) is 18.8 Å². The number of hydrogen-bond donors (Lipinski definition) is 1. The minimum Gasteiger partial charge on any atom is -0.380 e. The van der Waals surface area contributed by atoms with Crippen molar-refractivity contribution in [2.24, 2.45) is 0 Å². The van der Waals surface area contributed by atoms with E-state index in [9.17, 15) is 0 Å². The second kappa shape index (κ2) is 5.72. The average molecular weight is 198 g/mol. The molecule has 0 amide bonds. The second-order valence-electron chi connectivity index (χ2n) is 3.35. The molecule has 5 heteroatoms. The molecule has 0 aliphatic heterocycles. The Hall–Kier alpha value is -0.940. The highest BCUT2D eigenvalue weighted by atomic mass is 16.5. The van der Waals surface area contributed by atoms with E-state index in [-0.39, 0.29) is 6.10 Å². The number of nitrogens with zero attached hydrogens (tertiary/aromatic N) is 3. The molecule has 1 aromatic rings. The van der Waals surface area contributed by atoms with Gasteiger partial charge >= 0.3 is 0 Å². The molecule has 80 valence electrons. The summed E-state index contributed by atoms with van der Waals surface area (Å²) in [5, 5.41) is 11.0. The van der Waals surface area contributed by atoms with Crippen LogP contribution in [0, 0.1) is 0 Å². The van der Waals surface area contributed by atoms with Crippen LogP contribution in [0.4, 0.5) is 0 Å². The first-order chi connectivity index (χ1) is 6.74. The van der Waals surface area contributed by atoms with Crippen molar-refractivity contribution in [3.8, 4) is 0 Å². The van der Waals surface area contributed by atoms with Crippen molar-refractivity contribution in [1.29, 1.82) is 0 Å².